The number of nitrogens with one attached hydrogen (secondary N) is 1. The van der Waals surface area contributed by atoms with E-state index >= 15 is 0 Å². The van der Waals surface area contributed by atoms with Crippen LogP contribution in [0.4, 0.5) is 4.79 Å². The summed E-state index contributed by atoms with van der Waals surface area (Å²) in [5, 5.41) is 2.98. The third-order valence-electron chi connectivity index (χ3n) is 3.09. The van der Waals surface area contributed by atoms with Crippen molar-refractivity contribution in [1.82, 2.24) is 15.1 Å². The minimum atomic E-state index is 0.0470. The average molecular weight is 213 g/mol. The fraction of sp³-hybridized carbons (Fsp3) is 0.909. The number of amides is 2. The van der Waals surface area contributed by atoms with Crippen LogP contribution < -0.4 is 5.32 Å². The van der Waals surface area contributed by atoms with E-state index in [9.17, 15) is 4.79 Å². The van der Waals surface area contributed by atoms with Crippen LogP contribution in [-0.2, 0) is 0 Å². The van der Waals surface area contributed by atoms with E-state index < -0.39 is 0 Å². The fourth-order valence-corrected chi connectivity index (χ4v) is 1.95. The number of carbonyl (C=O) groups is 1. The number of hydrogen-bond donors (Lipinski definition) is 1. The summed E-state index contributed by atoms with van der Waals surface area (Å²) in [7, 11) is 3.97. The molecule has 0 aromatic rings. The standard InChI is InChI=1S/C11H23N3O/c1-4-14(3)11(15)12-8-10-6-5-7-13(2)9-10/h10H,4-9H2,1-3H3,(H,12,15). The van der Waals surface area contributed by atoms with Crippen LogP contribution in [0.25, 0.3) is 0 Å². The van der Waals surface area contributed by atoms with E-state index in [4.69, 9.17) is 0 Å². The molecule has 1 N–H and O–H groups in total. The summed E-state index contributed by atoms with van der Waals surface area (Å²) < 4.78 is 0. The molecule has 4 heteroatoms. The second-order valence-corrected chi connectivity index (χ2v) is 4.47. The molecule has 1 atom stereocenters. The molecular formula is C11H23N3O. The van der Waals surface area contributed by atoms with Gasteiger partial charge in [-0.15, -0.1) is 0 Å². The van der Waals surface area contributed by atoms with Crippen LogP contribution >= 0.6 is 0 Å². The van der Waals surface area contributed by atoms with Crippen molar-refractivity contribution in [1.29, 1.82) is 0 Å². The number of piperidine rings is 1. The summed E-state index contributed by atoms with van der Waals surface area (Å²) >= 11 is 0. The SMILES string of the molecule is CCN(C)C(=O)NCC1CCCN(C)C1. The summed E-state index contributed by atoms with van der Waals surface area (Å²) in [6.07, 6.45) is 2.49. The van der Waals surface area contributed by atoms with Crippen molar-refractivity contribution in [2.24, 2.45) is 5.92 Å². The summed E-state index contributed by atoms with van der Waals surface area (Å²) in [6.45, 7) is 5.85. The van der Waals surface area contributed by atoms with Gasteiger partial charge in [0, 0.05) is 26.7 Å². The second kappa shape index (κ2) is 5.95. The van der Waals surface area contributed by atoms with Crippen LogP contribution in [0.2, 0.25) is 0 Å². The highest BCUT2D eigenvalue weighted by atomic mass is 16.2. The number of rotatable bonds is 3. The number of nitrogens with zero attached hydrogens (tertiary/aromatic N) is 2. The highest BCUT2D eigenvalue weighted by Crippen LogP contribution is 2.13. The monoisotopic (exact) mass is 213 g/mol. The minimum absolute atomic E-state index is 0.0470. The molecule has 15 heavy (non-hydrogen) atoms. The molecule has 2 amide bonds. The predicted octanol–water partition coefficient (Wildman–Crippen LogP) is 0.989. The van der Waals surface area contributed by atoms with Gasteiger partial charge in [-0.3, -0.25) is 0 Å². The van der Waals surface area contributed by atoms with Gasteiger partial charge >= 0.3 is 6.03 Å². The van der Waals surface area contributed by atoms with Gasteiger partial charge in [-0.2, -0.15) is 0 Å². The lowest BCUT2D eigenvalue weighted by Crippen LogP contribution is -2.43. The molecule has 0 saturated carbocycles. The van der Waals surface area contributed by atoms with E-state index in [0.717, 1.165) is 19.6 Å². The van der Waals surface area contributed by atoms with E-state index in [1.165, 1.54) is 19.4 Å². The number of likely N-dealkylation sites (tertiary alicyclic amines) is 1. The maximum Gasteiger partial charge on any atom is 0.317 e. The molecule has 0 aliphatic carbocycles. The first-order chi connectivity index (χ1) is 7.13. The lowest BCUT2D eigenvalue weighted by molar-refractivity contribution is 0.190. The van der Waals surface area contributed by atoms with E-state index in [0.29, 0.717) is 5.92 Å². The predicted molar refractivity (Wildman–Crippen MR) is 61.9 cm³/mol. The molecule has 0 bridgehead atoms. The van der Waals surface area contributed by atoms with Crippen molar-refractivity contribution in [2.45, 2.75) is 19.8 Å². The summed E-state index contributed by atoms with van der Waals surface area (Å²) in [4.78, 5) is 15.5. The lowest BCUT2D eigenvalue weighted by atomic mass is 9.99. The maximum absolute atomic E-state index is 11.5. The van der Waals surface area contributed by atoms with Gasteiger partial charge in [0.15, 0.2) is 0 Å². The summed E-state index contributed by atoms with van der Waals surface area (Å²) in [6, 6.07) is 0.0470. The Balaban J connectivity index is 2.21. The summed E-state index contributed by atoms with van der Waals surface area (Å²) in [5.74, 6) is 0.623. The maximum atomic E-state index is 11.5. The molecular weight excluding hydrogens is 190 g/mol. The molecule has 1 aliphatic rings. The van der Waals surface area contributed by atoms with Crippen LogP contribution in [0, 0.1) is 5.92 Å². The molecule has 0 spiro atoms. The van der Waals surface area contributed by atoms with Gasteiger partial charge in [0.05, 0.1) is 0 Å². The van der Waals surface area contributed by atoms with Gasteiger partial charge in [-0.05, 0) is 39.3 Å². The average Bonchev–Trinajstić information content (AvgIpc) is 2.25. The first-order valence-corrected chi connectivity index (χ1v) is 5.81. The summed E-state index contributed by atoms with van der Waals surface area (Å²) in [5.41, 5.74) is 0. The molecule has 0 aromatic heterocycles. The Morgan fingerprint density at radius 2 is 2.33 bits per heavy atom. The van der Waals surface area contributed by atoms with Crippen LogP contribution in [0.5, 0.6) is 0 Å². The Bertz CT molecular complexity index is 208. The smallest absolute Gasteiger partial charge is 0.317 e. The highest BCUT2D eigenvalue weighted by Gasteiger charge is 2.18. The largest absolute Gasteiger partial charge is 0.338 e. The van der Waals surface area contributed by atoms with Gasteiger partial charge in [0.1, 0.15) is 0 Å². The number of carbonyl (C=O) groups excluding carboxylic acids is 1. The van der Waals surface area contributed by atoms with E-state index in [-0.39, 0.29) is 6.03 Å². The molecule has 1 fully saturated rings. The molecule has 1 rings (SSSR count). The van der Waals surface area contributed by atoms with Crippen molar-refractivity contribution in [3.8, 4) is 0 Å². The van der Waals surface area contributed by atoms with Gasteiger partial charge in [-0.1, -0.05) is 0 Å². The first-order valence-electron chi connectivity index (χ1n) is 5.81. The second-order valence-electron chi connectivity index (χ2n) is 4.47. The Morgan fingerprint density at radius 3 is 2.93 bits per heavy atom. The normalized spacial score (nSPS) is 22.5. The third-order valence-corrected chi connectivity index (χ3v) is 3.09. The highest BCUT2D eigenvalue weighted by molar-refractivity contribution is 5.73. The molecule has 1 aliphatic heterocycles. The number of hydrogen-bond acceptors (Lipinski definition) is 2. The molecule has 88 valence electrons. The molecule has 1 heterocycles. The molecule has 4 nitrogen and oxygen atoms in total. The van der Waals surface area contributed by atoms with Crippen molar-refractivity contribution >= 4 is 6.03 Å². The van der Waals surface area contributed by atoms with Crippen LogP contribution in [0.1, 0.15) is 19.8 Å². The van der Waals surface area contributed by atoms with Crippen LogP contribution in [-0.4, -0.2) is 56.1 Å². The van der Waals surface area contributed by atoms with Crippen molar-refractivity contribution in [2.75, 3.05) is 40.3 Å². The number of urea groups is 1. The zero-order valence-electron chi connectivity index (χ0n) is 10.1. The molecule has 0 radical (unpaired) electrons. The minimum Gasteiger partial charge on any atom is -0.338 e. The first kappa shape index (κ1) is 12.3. The van der Waals surface area contributed by atoms with Gasteiger partial charge in [0.2, 0.25) is 0 Å². The fourth-order valence-electron chi connectivity index (χ4n) is 1.95. The quantitative estimate of drug-likeness (QED) is 0.759. The van der Waals surface area contributed by atoms with Crippen molar-refractivity contribution < 1.29 is 4.79 Å². The van der Waals surface area contributed by atoms with Gasteiger partial charge in [0.25, 0.3) is 0 Å². The van der Waals surface area contributed by atoms with Crippen LogP contribution in [0.15, 0.2) is 0 Å². The Hall–Kier alpha value is -0.770. The zero-order valence-corrected chi connectivity index (χ0v) is 10.1. The lowest BCUT2D eigenvalue weighted by Gasteiger charge is -2.30. The van der Waals surface area contributed by atoms with Crippen molar-refractivity contribution in [3.63, 3.8) is 0 Å². The Kier molecular flexibility index (Phi) is 4.88. The zero-order chi connectivity index (χ0) is 11.3. The van der Waals surface area contributed by atoms with E-state index in [1.807, 2.05) is 14.0 Å². The molecule has 1 saturated heterocycles. The topological polar surface area (TPSA) is 35.6 Å². The van der Waals surface area contributed by atoms with Gasteiger partial charge < -0.3 is 15.1 Å². The Labute approximate surface area is 92.6 Å². The van der Waals surface area contributed by atoms with Crippen molar-refractivity contribution in [3.05, 3.63) is 0 Å². The third kappa shape index (κ3) is 4.08. The van der Waals surface area contributed by atoms with E-state index in [2.05, 4.69) is 17.3 Å². The van der Waals surface area contributed by atoms with Gasteiger partial charge in [-0.25, -0.2) is 4.79 Å². The Morgan fingerprint density at radius 1 is 1.60 bits per heavy atom. The van der Waals surface area contributed by atoms with Crippen LogP contribution in [0.3, 0.4) is 0 Å². The molecule has 0 aromatic carbocycles. The van der Waals surface area contributed by atoms with E-state index in [1.54, 1.807) is 4.90 Å². The molecule has 1 unspecified atom stereocenters.